The fraction of sp³-hybridized carbons (Fsp3) is 0.579. The number of rotatable bonds is 6. The maximum absolute atomic E-state index is 13.1. The first-order valence-electron chi connectivity index (χ1n) is 8.94. The molecule has 1 fully saturated rings. The van der Waals surface area contributed by atoms with E-state index in [1.165, 1.54) is 19.1 Å². The number of nitrogens with one attached hydrogen (secondary N) is 1. The van der Waals surface area contributed by atoms with Crippen LogP contribution in [0.4, 0.5) is 13.2 Å². The summed E-state index contributed by atoms with van der Waals surface area (Å²) >= 11 is 0. The Morgan fingerprint density at radius 3 is 2.69 bits per heavy atom. The van der Waals surface area contributed by atoms with Gasteiger partial charge in [0.15, 0.2) is 0 Å². The van der Waals surface area contributed by atoms with Crippen molar-refractivity contribution in [3.63, 3.8) is 0 Å². The van der Waals surface area contributed by atoms with Crippen molar-refractivity contribution < 1.29 is 22.8 Å². The van der Waals surface area contributed by atoms with Crippen LogP contribution in [-0.2, 0) is 22.2 Å². The van der Waals surface area contributed by atoms with Gasteiger partial charge in [0.25, 0.3) is 0 Å². The van der Waals surface area contributed by atoms with Gasteiger partial charge in [-0.25, -0.2) is 0 Å². The first-order valence-corrected chi connectivity index (χ1v) is 8.94. The van der Waals surface area contributed by atoms with Crippen molar-refractivity contribution in [2.75, 3.05) is 19.6 Å². The topological polar surface area (TPSA) is 49.4 Å². The van der Waals surface area contributed by atoms with E-state index in [2.05, 4.69) is 5.32 Å². The number of aryl methyl sites for hydroxylation is 1. The van der Waals surface area contributed by atoms with Crippen molar-refractivity contribution in [1.82, 2.24) is 10.2 Å². The molecule has 0 aromatic heterocycles. The number of benzene rings is 1. The van der Waals surface area contributed by atoms with Crippen LogP contribution in [0.1, 0.15) is 43.7 Å². The monoisotopic (exact) mass is 370 g/mol. The lowest BCUT2D eigenvalue weighted by Gasteiger charge is -2.33. The van der Waals surface area contributed by atoms with E-state index >= 15 is 0 Å². The van der Waals surface area contributed by atoms with E-state index in [9.17, 15) is 22.8 Å². The van der Waals surface area contributed by atoms with Gasteiger partial charge in [0.1, 0.15) is 0 Å². The number of nitrogens with zero attached hydrogens (tertiary/aromatic N) is 1. The summed E-state index contributed by atoms with van der Waals surface area (Å²) in [7, 11) is 0. The number of amides is 2. The SMILES string of the molecule is CC(=O)NCCC(=O)N1CCCC(CCc2ccccc2C(F)(F)F)C1. The van der Waals surface area contributed by atoms with Crippen molar-refractivity contribution in [2.45, 2.75) is 45.2 Å². The standard InChI is InChI=1S/C19H25F3N2O2/c1-14(25)23-11-10-18(26)24-12-4-5-15(13-24)8-9-16-6-2-3-7-17(16)19(20,21)22/h2-3,6-7,15H,4-5,8-13H2,1H3,(H,23,25). The fourth-order valence-electron chi connectivity index (χ4n) is 3.41. The Morgan fingerprint density at radius 1 is 1.27 bits per heavy atom. The van der Waals surface area contributed by atoms with Gasteiger partial charge in [0, 0.05) is 33.0 Å². The third kappa shape index (κ3) is 6.04. The number of piperidine rings is 1. The zero-order chi connectivity index (χ0) is 19.2. The minimum Gasteiger partial charge on any atom is -0.356 e. The molecule has 0 bridgehead atoms. The van der Waals surface area contributed by atoms with E-state index in [1.807, 2.05) is 0 Å². The highest BCUT2D eigenvalue weighted by Gasteiger charge is 2.33. The molecule has 1 atom stereocenters. The van der Waals surface area contributed by atoms with E-state index in [1.54, 1.807) is 11.0 Å². The number of likely N-dealkylation sites (tertiary alicyclic amines) is 1. The fourth-order valence-corrected chi connectivity index (χ4v) is 3.41. The smallest absolute Gasteiger partial charge is 0.356 e. The Labute approximate surface area is 151 Å². The number of carbonyl (C=O) groups excluding carboxylic acids is 2. The van der Waals surface area contributed by atoms with Gasteiger partial charge in [-0.3, -0.25) is 9.59 Å². The predicted octanol–water partition coefficient (Wildman–Crippen LogP) is 3.40. The highest BCUT2D eigenvalue weighted by atomic mass is 19.4. The molecule has 1 saturated heterocycles. The number of hydrogen-bond donors (Lipinski definition) is 1. The Balaban J connectivity index is 1.87. The molecule has 0 radical (unpaired) electrons. The molecule has 1 aromatic rings. The van der Waals surface area contributed by atoms with E-state index in [0.717, 1.165) is 18.9 Å². The molecule has 0 spiro atoms. The van der Waals surface area contributed by atoms with Crippen LogP contribution < -0.4 is 5.32 Å². The van der Waals surface area contributed by atoms with Crippen molar-refractivity contribution >= 4 is 11.8 Å². The van der Waals surface area contributed by atoms with Crippen LogP contribution in [-0.4, -0.2) is 36.3 Å². The van der Waals surface area contributed by atoms with Crippen LogP contribution in [0.25, 0.3) is 0 Å². The molecule has 1 N–H and O–H groups in total. The quantitative estimate of drug-likeness (QED) is 0.834. The molecule has 0 saturated carbocycles. The van der Waals surface area contributed by atoms with Gasteiger partial charge < -0.3 is 10.2 Å². The number of alkyl halides is 3. The zero-order valence-corrected chi connectivity index (χ0v) is 14.9. The third-order valence-electron chi connectivity index (χ3n) is 4.73. The van der Waals surface area contributed by atoms with Crippen LogP contribution in [0.3, 0.4) is 0 Å². The lowest BCUT2D eigenvalue weighted by molar-refractivity contribution is -0.138. The molecular weight excluding hydrogens is 345 g/mol. The minimum absolute atomic E-state index is 0.0147. The lowest BCUT2D eigenvalue weighted by Crippen LogP contribution is -2.41. The van der Waals surface area contributed by atoms with E-state index in [0.29, 0.717) is 38.0 Å². The summed E-state index contributed by atoms with van der Waals surface area (Å²) in [5.74, 6) is 0.0200. The van der Waals surface area contributed by atoms with Crippen molar-refractivity contribution in [3.8, 4) is 0 Å². The molecule has 1 aromatic carbocycles. The van der Waals surface area contributed by atoms with Gasteiger partial charge in [0.05, 0.1) is 5.56 Å². The first-order chi connectivity index (χ1) is 12.3. The minimum atomic E-state index is -4.34. The summed E-state index contributed by atoms with van der Waals surface area (Å²) in [5, 5.41) is 2.60. The van der Waals surface area contributed by atoms with Crippen LogP contribution in [0, 0.1) is 5.92 Å². The molecule has 4 nitrogen and oxygen atoms in total. The second kappa shape index (κ2) is 9.05. The molecule has 2 amide bonds. The lowest BCUT2D eigenvalue weighted by atomic mass is 9.90. The van der Waals surface area contributed by atoms with Crippen molar-refractivity contribution in [1.29, 1.82) is 0 Å². The molecule has 1 heterocycles. The Hall–Kier alpha value is -2.05. The summed E-state index contributed by atoms with van der Waals surface area (Å²) in [5.41, 5.74) is -0.256. The summed E-state index contributed by atoms with van der Waals surface area (Å²) in [6, 6.07) is 5.68. The summed E-state index contributed by atoms with van der Waals surface area (Å²) < 4.78 is 39.2. The molecule has 1 aliphatic heterocycles. The van der Waals surface area contributed by atoms with Crippen molar-refractivity contribution in [3.05, 3.63) is 35.4 Å². The van der Waals surface area contributed by atoms with Gasteiger partial charge in [-0.05, 0) is 43.2 Å². The van der Waals surface area contributed by atoms with Crippen LogP contribution >= 0.6 is 0 Å². The predicted molar refractivity (Wildman–Crippen MR) is 92.4 cm³/mol. The van der Waals surface area contributed by atoms with Gasteiger partial charge in [-0.1, -0.05) is 18.2 Å². The Morgan fingerprint density at radius 2 is 2.00 bits per heavy atom. The Kier molecular flexibility index (Phi) is 7.06. The van der Waals surface area contributed by atoms with E-state index in [-0.39, 0.29) is 24.2 Å². The molecule has 1 unspecified atom stereocenters. The normalized spacial score (nSPS) is 17.8. The number of hydrogen-bond acceptors (Lipinski definition) is 2. The maximum atomic E-state index is 13.1. The summed E-state index contributed by atoms with van der Waals surface area (Å²) in [4.78, 5) is 24.8. The summed E-state index contributed by atoms with van der Waals surface area (Å²) in [6.45, 7) is 2.97. The van der Waals surface area contributed by atoms with Gasteiger partial charge >= 0.3 is 6.18 Å². The molecular formula is C19H25F3N2O2. The second-order valence-electron chi connectivity index (χ2n) is 6.77. The zero-order valence-electron chi connectivity index (χ0n) is 14.9. The highest BCUT2D eigenvalue weighted by molar-refractivity contribution is 5.78. The molecule has 2 rings (SSSR count). The number of carbonyl (C=O) groups is 2. The Bertz CT molecular complexity index is 631. The summed E-state index contributed by atoms with van der Waals surface area (Å²) in [6.07, 6.45) is -1.32. The molecule has 1 aliphatic rings. The van der Waals surface area contributed by atoms with Crippen molar-refractivity contribution in [2.24, 2.45) is 5.92 Å². The molecule has 26 heavy (non-hydrogen) atoms. The maximum Gasteiger partial charge on any atom is 0.416 e. The van der Waals surface area contributed by atoms with Gasteiger partial charge in [-0.15, -0.1) is 0 Å². The molecule has 7 heteroatoms. The third-order valence-corrected chi connectivity index (χ3v) is 4.73. The second-order valence-corrected chi connectivity index (χ2v) is 6.77. The van der Waals surface area contributed by atoms with Gasteiger partial charge in [0.2, 0.25) is 11.8 Å². The largest absolute Gasteiger partial charge is 0.416 e. The number of halogens is 3. The average molecular weight is 370 g/mol. The van der Waals surface area contributed by atoms with E-state index in [4.69, 9.17) is 0 Å². The van der Waals surface area contributed by atoms with Crippen LogP contribution in [0.15, 0.2) is 24.3 Å². The van der Waals surface area contributed by atoms with Gasteiger partial charge in [-0.2, -0.15) is 13.2 Å². The average Bonchev–Trinajstić information content (AvgIpc) is 2.59. The molecule has 0 aliphatic carbocycles. The molecule has 144 valence electrons. The van der Waals surface area contributed by atoms with Crippen LogP contribution in [0.2, 0.25) is 0 Å². The highest BCUT2D eigenvalue weighted by Crippen LogP contribution is 2.33. The van der Waals surface area contributed by atoms with Crippen LogP contribution in [0.5, 0.6) is 0 Å². The first kappa shape index (κ1) is 20.3. The van der Waals surface area contributed by atoms with E-state index < -0.39 is 11.7 Å².